The lowest BCUT2D eigenvalue weighted by Gasteiger charge is -2.16. The zero-order chi connectivity index (χ0) is 12.0. The zero-order valence-electron chi connectivity index (χ0n) is 10.6. The Morgan fingerprint density at radius 3 is 2.62 bits per heavy atom. The molecule has 1 unspecified atom stereocenters. The van der Waals surface area contributed by atoms with Crippen LogP contribution in [0.15, 0.2) is 24.3 Å². The van der Waals surface area contributed by atoms with Crippen molar-refractivity contribution in [3.05, 3.63) is 35.4 Å². The number of Topliss-reactive ketones (excluding diaryl/α,β-unsaturated/α-hetero) is 1. The van der Waals surface area contributed by atoms with Gasteiger partial charge in [-0.3, -0.25) is 4.79 Å². The van der Waals surface area contributed by atoms with Gasteiger partial charge in [-0.05, 0) is 24.8 Å². The van der Waals surface area contributed by atoms with E-state index in [-0.39, 0.29) is 0 Å². The number of hydrogen-bond donors (Lipinski definition) is 0. The second kappa shape index (κ2) is 6.47. The minimum Gasteiger partial charge on any atom is -0.300 e. The van der Waals surface area contributed by atoms with Crippen molar-refractivity contribution in [1.29, 1.82) is 0 Å². The molecular formula is C15H22O. The minimum absolute atomic E-state index is 0.375. The molecule has 1 heteroatoms. The van der Waals surface area contributed by atoms with Crippen LogP contribution in [-0.2, 0) is 4.79 Å². The fourth-order valence-electron chi connectivity index (χ4n) is 2.08. The molecule has 0 saturated heterocycles. The Labute approximate surface area is 98.9 Å². The summed E-state index contributed by atoms with van der Waals surface area (Å²) in [4.78, 5) is 11.6. The Morgan fingerprint density at radius 2 is 2.06 bits per heavy atom. The molecule has 0 saturated carbocycles. The molecule has 0 bridgehead atoms. The van der Waals surface area contributed by atoms with Crippen molar-refractivity contribution in [3.63, 3.8) is 0 Å². The Kier molecular flexibility index (Phi) is 5.24. The second-order valence-electron chi connectivity index (χ2n) is 4.50. The van der Waals surface area contributed by atoms with E-state index < -0.39 is 0 Å². The van der Waals surface area contributed by atoms with Crippen molar-refractivity contribution in [2.24, 2.45) is 0 Å². The molecule has 1 atom stereocenters. The lowest BCUT2D eigenvalue weighted by atomic mass is 9.88. The van der Waals surface area contributed by atoms with Gasteiger partial charge in [0.25, 0.3) is 0 Å². The maximum Gasteiger partial charge on any atom is 0.133 e. The van der Waals surface area contributed by atoms with E-state index in [2.05, 4.69) is 38.1 Å². The molecule has 88 valence electrons. The van der Waals surface area contributed by atoms with Crippen LogP contribution < -0.4 is 0 Å². The molecule has 0 fully saturated rings. The van der Waals surface area contributed by atoms with Crippen LogP contribution in [0, 0.1) is 6.92 Å². The topological polar surface area (TPSA) is 17.1 Å². The number of benzene rings is 1. The number of carbonyl (C=O) groups excluding carboxylic acids is 1. The fraction of sp³-hybridized carbons (Fsp3) is 0.533. The fourth-order valence-corrected chi connectivity index (χ4v) is 2.08. The molecule has 0 N–H and O–H groups in total. The summed E-state index contributed by atoms with van der Waals surface area (Å²) in [5.41, 5.74) is 2.60. The van der Waals surface area contributed by atoms with Crippen molar-refractivity contribution in [2.45, 2.75) is 52.4 Å². The first-order chi connectivity index (χ1) is 7.67. The van der Waals surface area contributed by atoms with Crippen LogP contribution in [0.25, 0.3) is 0 Å². The van der Waals surface area contributed by atoms with Gasteiger partial charge in [0.2, 0.25) is 0 Å². The van der Waals surface area contributed by atoms with Crippen LogP contribution in [0.2, 0.25) is 0 Å². The van der Waals surface area contributed by atoms with E-state index in [1.807, 2.05) is 6.92 Å². The zero-order valence-corrected chi connectivity index (χ0v) is 10.6. The average Bonchev–Trinajstić information content (AvgIpc) is 2.28. The maximum atomic E-state index is 11.6. The molecule has 0 aromatic heterocycles. The van der Waals surface area contributed by atoms with Gasteiger partial charge in [-0.25, -0.2) is 0 Å². The molecular weight excluding hydrogens is 196 g/mol. The lowest BCUT2D eigenvalue weighted by molar-refractivity contribution is -0.119. The Bertz CT molecular complexity index is 341. The van der Waals surface area contributed by atoms with Gasteiger partial charge in [-0.1, -0.05) is 50.1 Å². The molecule has 0 aliphatic heterocycles. The van der Waals surface area contributed by atoms with E-state index in [4.69, 9.17) is 0 Å². The summed E-state index contributed by atoms with van der Waals surface area (Å²) >= 11 is 0. The molecule has 1 aromatic rings. The van der Waals surface area contributed by atoms with Gasteiger partial charge in [-0.2, -0.15) is 0 Å². The third-order valence-electron chi connectivity index (χ3n) is 3.02. The van der Waals surface area contributed by atoms with E-state index in [0.717, 1.165) is 12.8 Å². The highest BCUT2D eigenvalue weighted by atomic mass is 16.1. The van der Waals surface area contributed by atoms with Gasteiger partial charge >= 0.3 is 0 Å². The number of rotatable bonds is 6. The van der Waals surface area contributed by atoms with E-state index in [9.17, 15) is 4.79 Å². The SMILES string of the molecule is CCCC(CC(=O)CC)c1cccc(C)c1. The van der Waals surface area contributed by atoms with Crippen molar-refractivity contribution >= 4 is 5.78 Å². The van der Waals surface area contributed by atoms with Gasteiger partial charge in [0.15, 0.2) is 0 Å². The molecule has 1 nitrogen and oxygen atoms in total. The third-order valence-corrected chi connectivity index (χ3v) is 3.02. The van der Waals surface area contributed by atoms with Crippen LogP contribution in [0.1, 0.15) is 56.6 Å². The van der Waals surface area contributed by atoms with Gasteiger partial charge in [0.1, 0.15) is 5.78 Å². The van der Waals surface area contributed by atoms with Crippen molar-refractivity contribution in [2.75, 3.05) is 0 Å². The molecule has 0 heterocycles. The van der Waals surface area contributed by atoms with E-state index in [1.54, 1.807) is 0 Å². The summed E-state index contributed by atoms with van der Waals surface area (Å²) in [6, 6.07) is 8.55. The first-order valence-electron chi connectivity index (χ1n) is 6.25. The number of hydrogen-bond acceptors (Lipinski definition) is 1. The summed E-state index contributed by atoms with van der Waals surface area (Å²) in [7, 11) is 0. The normalized spacial score (nSPS) is 12.4. The highest BCUT2D eigenvalue weighted by Crippen LogP contribution is 2.26. The Hall–Kier alpha value is -1.11. The molecule has 0 radical (unpaired) electrons. The highest BCUT2D eigenvalue weighted by molar-refractivity contribution is 5.78. The number of aryl methyl sites for hydroxylation is 1. The maximum absolute atomic E-state index is 11.6. The summed E-state index contributed by atoms with van der Waals surface area (Å²) in [6.07, 6.45) is 3.60. The average molecular weight is 218 g/mol. The Balaban J connectivity index is 2.80. The monoisotopic (exact) mass is 218 g/mol. The number of ketones is 1. The predicted octanol–water partition coefficient (Wildman–Crippen LogP) is 4.25. The van der Waals surface area contributed by atoms with Gasteiger partial charge in [0.05, 0.1) is 0 Å². The van der Waals surface area contributed by atoms with E-state index in [1.165, 1.54) is 11.1 Å². The predicted molar refractivity (Wildman–Crippen MR) is 68.7 cm³/mol. The van der Waals surface area contributed by atoms with E-state index in [0.29, 0.717) is 24.5 Å². The van der Waals surface area contributed by atoms with Crippen molar-refractivity contribution < 1.29 is 4.79 Å². The summed E-state index contributed by atoms with van der Waals surface area (Å²) in [5.74, 6) is 0.789. The van der Waals surface area contributed by atoms with Crippen LogP contribution in [0.4, 0.5) is 0 Å². The molecule has 1 rings (SSSR count). The molecule has 0 aliphatic carbocycles. The number of carbonyl (C=O) groups is 1. The third kappa shape index (κ3) is 3.80. The van der Waals surface area contributed by atoms with Crippen molar-refractivity contribution in [3.8, 4) is 0 Å². The van der Waals surface area contributed by atoms with Crippen LogP contribution >= 0.6 is 0 Å². The highest BCUT2D eigenvalue weighted by Gasteiger charge is 2.14. The Morgan fingerprint density at radius 1 is 1.31 bits per heavy atom. The van der Waals surface area contributed by atoms with Crippen LogP contribution in [0.5, 0.6) is 0 Å². The summed E-state index contributed by atoms with van der Waals surface area (Å²) in [5, 5.41) is 0. The van der Waals surface area contributed by atoms with E-state index >= 15 is 0 Å². The van der Waals surface area contributed by atoms with Crippen LogP contribution in [0.3, 0.4) is 0 Å². The first kappa shape index (κ1) is 13.0. The molecule has 0 amide bonds. The second-order valence-corrected chi connectivity index (χ2v) is 4.50. The molecule has 1 aromatic carbocycles. The van der Waals surface area contributed by atoms with Crippen LogP contribution in [-0.4, -0.2) is 5.78 Å². The van der Waals surface area contributed by atoms with Gasteiger partial charge < -0.3 is 0 Å². The molecule has 0 aliphatic rings. The van der Waals surface area contributed by atoms with Crippen molar-refractivity contribution in [1.82, 2.24) is 0 Å². The van der Waals surface area contributed by atoms with Gasteiger partial charge in [-0.15, -0.1) is 0 Å². The largest absolute Gasteiger partial charge is 0.300 e. The first-order valence-corrected chi connectivity index (χ1v) is 6.25. The quantitative estimate of drug-likeness (QED) is 0.697. The molecule has 0 spiro atoms. The standard InChI is InChI=1S/C15H22O/c1-4-7-13(11-15(16)5-2)14-9-6-8-12(3)10-14/h6,8-10,13H,4-5,7,11H2,1-3H3. The minimum atomic E-state index is 0.375. The lowest BCUT2D eigenvalue weighted by Crippen LogP contribution is -2.06. The summed E-state index contributed by atoms with van der Waals surface area (Å²) in [6.45, 7) is 6.23. The molecule has 16 heavy (non-hydrogen) atoms. The summed E-state index contributed by atoms with van der Waals surface area (Å²) < 4.78 is 0. The van der Waals surface area contributed by atoms with Gasteiger partial charge in [0, 0.05) is 12.8 Å². The smallest absolute Gasteiger partial charge is 0.133 e.